The van der Waals surface area contributed by atoms with Gasteiger partial charge in [-0.3, -0.25) is 0 Å². The van der Waals surface area contributed by atoms with Crippen molar-refractivity contribution in [3.05, 3.63) is 311 Å². The molecule has 1 atom stereocenters. The number of hydrogen-bond donors (Lipinski definition) is 0. The van der Waals surface area contributed by atoms with Crippen molar-refractivity contribution in [1.82, 2.24) is 0 Å². The van der Waals surface area contributed by atoms with Gasteiger partial charge in [0.05, 0.1) is 27.9 Å². The predicted octanol–water partition coefficient (Wildman–Crippen LogP) is 17.6. The summed E-state index contributed by atoms with van der Waals surface area (Å²) in [7, 11) is 0. The highest BCUT2D eigenvalue weighted by atomic mass is 16.3. The summed E-state index contributed by atoms with van der Waals surface area (Å²) in [6, 6.07) is 98.5. The number of furan rings is 1. The topological polar surface area (TPSA) is 19.6 Å². The molecular weight excluding hydrogens is 861 g/mol. The van der Waals surface area contributed by atoms with Crippen molar-refractivity contribution in [2.45, 2.75) is 10.8 Å². The molecule has 1 unspecified atom stereocenters. The van der Waals surface area contributed by atoms with Crippen LogP contribution >= 0.6 is 0 Å². The quantitative estimate of drug-likeness (QED) is 0.159. The van der Waals surface area contributed by atoms with Gasteiger partial charge in [0.2, 0.25) is 0 Å². The van der Waals surface area contributed by atoms with E-state index in [2.05, 4.69) is 277 Å². The fraction of sp³-hybridized carbons (Fsp3) is 0.0294. The Morgan fingerprint density at radius 2 is 0.831 bits per heavy atom. The molecule has 0 spiro atoms. The Morgan fingerprint density at radius 3 is 1.54 bits per heavy atom. The van der Waals surface area contributed by atoms with E-state index in [0.717, 1.165) is 44.7 Å². The van der Waals surface area contributed by atoms with Crippen LogP contribution in [0.3, 0.4) is 0 Å². The molecule has 0 bridgehead atoms. The Hall–Kier alpha value is -9.18. The average Bonchev–Trinajstić information content (AvgIpc) is 4.08. The van der Waals surface area contributed by atoms with E-state index in [4.69, 9.17) is 4.42 Å². The molecule has 71 heavy (non-hydrogen) atoms. The van der Waals surface area contributed by atoms with Crippen molar-refractivity contribution >= 4 is 56.1 Å². The van der Waals surface area contributed by atoms with Gasteiger partial charge in [-0.25, -0.2) is 0 Å². The van der Waals surface area contributed by atoms with Crippen LogP contribution < -0.4 is 9.80 Å². The zero-order valence-electron chi connectivity index (χ0n) is 38.7. The Balaban J connectivity index is 1.03. The molecule has 0 saturated carbocycles. The molecule has 0 amide bonds. The van der Waals surface area contributed by atoms with Gasteiger partial charge in [-0.2, -0.15) is 0 Å². The second kappa shape index (κ2) is 15.2. The molecule has 1 aromatic heterocycles. The fourth-order valence-electron chi connectivity index (χ4n) is 13.0. The summed E-state index contributed by atoms with van der Waals surface area (Å²) in [5, 5.41) is 2.18. The van der Waals surface area contributed by atoms with Crippen LogP contribution in [-0.2, 0) is 10.8 Å². The lowest BCUT2D eigenvalue weighted by molar-refractivity contribution is 0.669. The summed E-state index contributed by atoms with van der Waals surface area (Å²) >= 11 is 0. The van der Waals surface area contributed by atoms with Gasteiger partial charge in [-0.05, 0) is 122 Å². The van der Waals surface area contributed by atoms with Crippen molar-refractivity contribution < 1.29 is 4.42 Å². The number of benzene rings is 11. The van der Waals surface area contributed by atoms with E-state index in [1.807, 2.05) is 0 Å². The smallest absolute Gasteiger partial charge is 0.159 e. The lowest BCUT2D eigenvalue weighted by Gasteiger charge is -2.44. The summed E-state index contributed by atoms with van der Waals surface area (Å²) in [5.74, 6) is 0. The molecule has 11 aromatic carbocycles. The molecule has 332 valence electrons. The molecule has 2 aliphatic carbocycles. The highest BCUT2D eigenvalue weighted by Gasteiger charge is 2.53. The first-order valence-corrected chi connectivity index (χ1v) is 24.6. The molecule has 2 heterocycles. The normalized spacial score (nSPS) is 15.5. The monoisotopic (exact) mass is 904 g/mol. The minimum absolute atomic E-state index is 0.578. The highest BCUT2D eigenvalue weighted by Crippen LogP contribution is 2.66. The van der Waals surface area contributed by atoms with Crippen LogP contribution in [0, 0.1) is 0 Å². The van der Waals surface area contributed by atoms with Crippen LogP contribution in [0.25, 0.3) is 44.2 Å². The molecular formula is C68H44N2O. The maximum absolute atomic E-state index is 6.98. The maximum atomic E-state index is 6.98. The van der Waals surface area contributed by atoms with Crippen molar-refractivity contribution in [2.24, 2.45) is 0 Å². The molecule has 15 rings (SSSR count). The zero-order chi connectivity index (χ0) is 46.7. The second-order valence-corrected chi connectivity index (χ2v) is 19.1. The third kappa shape index (κ3) is 5.38. The molecule has 0 saturated heterocycles. The molecule has 3 nitrogen and oxygen atoms in total. The fourth-order valence-corrected chi connectivity index (χ4v) is 13.0. The van der Waals surface area contributed by atoms with Crippen LogP contribution in [-0.4, -0.2) is 0 Å². The number of rotatable bonds is 7. The van der Waals surface area contributed by atoms with E-state index in [0.29, 0.717) is 0 Å². The van der Waals surface area contributed by atoms with E-state index in [-0.39, 0.29) is 0 Å². The van der Waals surface area contributed by atoms with E-state index in [1.54, 1.807) is 0 Å². The van der Waals surface area contributed by atoms with Crippen molar-refractivity contribution in [1.29, 1.82) is 0 Å². The Kier molecular flexibility index (Phi) is 8.49. The van der Waals surface area contributed by atoms with Crippen molar-refractivity contribution in [2.75, 3.05) is 9.80 Å². The third-order valence-electron chi connectivity index (χ3n) is 15.7. The Labute approximate surface area is 412 Å². The van der Waals surface area contributed by atoms with Gasteiger partial charge in [-0.1, -0.05) is 206 Å². The standard InChI is InChI=1S/C68H44N2O/c1-5-21-45(22-6-1)67(46-23-7-2-8-24-46)57-33-15-13-29-51(57)52-41-39-49(43-59(52)67)69(63-37-20-32-56-54-30-14-18-38-64(54)71-66(56)63)50-40-42-53-55-31-19-36-62-65(55)68(60(53)44-50,47-25-9-3-10-26-47)58-34-16-17-35-61(58)70(62)48-27-11-4-12-28-48/h1-44H. The van der Waals surface area contributed by atoms with Gasteiger partial charge in [0, 0.05) is 33.4 Å². The molecule has 12 aromatic rings. The largest absolute Gasteiger partial charge is 0.454 e. The van der Waals surface area contributed by atoms with Crippen LogP contribution in [0.5, 0.6) is 0 Å². The Morgan fingerprint density at radius 1 is 0.338 bits per heavy atom. The Bertz CT molecular complexity index is 4030. The summed E-state index contributed by atoms with van der Waals surface area (Å²) in [5.41, 5.74) is 22.1. The minimum atomic E-state index is -0.632. The minimum Gasteiger partial charge on any atom is -0.454 e. The summed E-state index contributed by atoms with van der Waals surface area (Å²) < 4.78 is 6.98. The first-order chi connectivity index (χ1) is 35.2. The van der Waals surface area contributed by atoms with Crippen LogP contribution in [0.15, 0.2) is 271 Å². The number of anilines is 6. The first kappa shape index (κ1) is 39.8. The number of nitrogens with zero attached hydrogens (tertiary/aromatic N) is 2. The summed E-state index contributed by atoms with van der Waals surface area (Å²) in [6.07, 6.45) is 0. The maximum Gasteiger partial charge on any atom is 0.159 e. The number of fused-ring (bicyclic) bond motifs is 11. The number of hydrogen-bond acceptors (Lipinski definition) is 3. The molecule has 0 radical (unpaired) electrons. The summed E-state index contributed by atoms with van der Waals surface area (Å²) in [4.78, 5) is 4.92. The molecule has 1 aliphatic heterocycles. The van der Waals surface area contributed by atoms with Crippen LogP contribution in [0.2, 0.25) is 0 Å². The van der Waals surface area contributed by atoms with E-state index in [1.165, 1.54) is 78.1 Å². The van der Waals surface area contributed by atoms with Gasteiger partial charge in [0.25, 0.3) is 0 Å². The van der Waals surface area contributed by atoms with Gasteiger partial charge >= 0.3 is 0 Å². The first-order valence-electron chi connectivity index (χ1n) is 24.6. The molecule has 3 heteroatoms. The molecule has 0 fully saturated rings. The van der Waals surface area contributed by atoms with Crippen LogP contribution in [0.4, 0.5) is 34.1 Å². The lowest BCUT2D eigenvalue weighted by atomic mass is 9.65. The highest BCUT2D eigenvalue weighted by molar-refractivity contribution is 6.11. The van der Waals surface area contributed by atoms with Crippen molar-refractivity contribution in [3.8, 4) is 22.3 Å². The van der Waals surface area contributed by atoms with Gasteiger partial charge in [0.15, 0.2) is 5.58 Å². The van der Waals surface area contributed by atoms with Gasteiger partial charge in [0.1, 0.15) is 5.58 Å². The van der Waals surface area contributed by atoms with E-state index < -0.39 is 10.8 Å². The SMILES string of the molecule is c1ccc(N2c3ccccc3C3(c4ccccc4)c4cc(N(c5ccc6c(c5)C(c5ccccc5)(c5ccccc5)c5ccccc5-6)c5cccc6c5oc5ccccc56)ccc4-c4cccc2c43)cc1. The second-order valence-electron chi connectivity index (χ2n) is 19.1. The van der Waals surface area contributed by atoms with Crippen LogP contribution in [0.1, 0.15) is 44.5 Å². The average molecular weight is 905 g/mol. The van der Waals surface area contributed by atoms with Crippen molar-refractivity contribution in [3.63, 3.8) is 0 Å². The van der Waals surface area contributed by atoms with Gasteiger partial charge < -0.3 is 14.2 Å². The zero-order valence-corrected chi connectivity index (χ0v) is 38.7. The molecule has 0 N–H and O–H groups in total. The van der Waals surface area contributed by atoms with Gasteiger partial charge in [-0.15, -0.1) is 0 Å². The summed E-state index contributed by atoms with van der Waals surface area (Å²) in [6.45, 7) is 0. The predicted molar refractivity (Wildman–Crippen MR) is 291 cm³/mol. The molecule has 3 aliphatic rings. The lowest BCUT2D eigenvalue weighted by Crippen LogP contribution is -2.36. The van der Waals surface area contributed by atoms with E-state index in [9.17, 15) is 0 Å². The third-order valence-corrected chi connectivity index (χ3v) is 15.7. The number of para-hydroxylation sites is 4. The van der Waals surface area contributed by atoms with E-state index >= 15 is 0 Å².